The van der Waals surface area contributed by atoms with Crippen LogP contribution in [0, 0.1) is 62.6 Å². The molecule has 2 spiro atoms. The Hall–Kier alpha value is -0.730. The maximum absolute atomic E-state index is 12.8. The Balaban J connectivity index is 1.13. The number of hydrogen-bond acceptors (Lipinski definition) is 7. The highest BCUT2D eigenvalue weighted by Gasteiger charge is 2.84. The Bertz CT molecular complexity index is 1170. The minimum absolute atomic E-state index is 0.0246. The third-order valence-corrected chi connectivity index (χ3v) is 15.8. The summed E-state index contributed by atoms with van der Waals surface area (Å²) < 4.78 is 25.9. The first-order valence-electron chi connectivity index (χ1n) is 19.1. The van der Waals surface area contributed by atoms with Gasteiger partial charge in [0.05, 0.1) is 31.0 Å². The first-order chi connectivity index (χ1) is 21.6. The second-order valence-corrected chi connectivity index (χ2v) is 19.0. The molecule has 0 bridgehead atoms. The third kappa shape index (κ3) is 4.63. The number of rotatable bonds is 7. The van der Waals surface area contributed by atoms with E-state index in [9.17, 15) is 9.90 Å². The summed E-state index contributed by atoms with van der Waals surface area (Å²) in [7, 11) is 0. The molecule has 0 radical (unpaired) electrons. The van der Waals surface area contributed by atoms with E-state index in [1.807, 2.05) is 0 Å². The molecule has 2 heterocycles. The molecule has 0 aromatic heterocycles. The molecule has 5 aliphatic carbocycles. The number of aliphatic hydroxyl groups excluding tert-OH is 1. The first-order valence-corrected chi connectivity index (χ1v) is 19.1. The van der Waals surface area contributed by atoms with Crippen LogP contribution in [0.1, 0.15) is 120 Å². The maximum Gasteiger partial charge on any atom is 0.306 e. The molecule has 262 valence electrons. The lowest BCUT2D eigenvalue weighted by atomic mass is 9.41. The van der Waals surface area contributed by atoms with Gasteiger partial charge in [-0.3, -0.25) is 4.79 Å². The lowest BCUT2D eigenvalue weighted by molar-refractivity contribution is -0.237. The summed E-state index contributed by atoms with van der Waals surface area (Å²) in [6.07, 6.45) is 8.75. The summed E-state index contributed by atoms with van der Waals surface area (Å²) in [4.78, 5) is 12.8. The normalized spacial score (nSPS) is 51.3. The SMILES string of the molecule is CC(C)CC(=O)O[C@H](C(C)C)C1C[C@@H](C)[C@H]2C(O1)[C@H](O)[C@@]1(C)C3CC[C@H]4C(C)(C)C(O[C@H]5CNCCO5)CC[C@@]45C[C@@]35CC[C@]21C. The number of carbonyl (C=O) groups excluding carboxylic acids is 1. The molecule has 7 fully saturated rings. The fourth-order valence-electron chi connectivity index (χ4n) is 13.8. The van der Waals surface area contributed by atoms with Crippen LogP contribution < -0.4 is 5.32 Å². The van der Waals surface area contributed by atoms with E-state index in [2.05, 4.69) is 67.6 Å². The van der Waals surface area contributed by atoms with Gasteiger partial charge in [-0.25, -0.2) is 0 Å². The number of carbonyl (C=O) groups is 1. The van der Waals surface area contributed by atoms with E-state index < -0.39 is 6.10 Å². The van der Waals surface area contributed by atoms with E-state index in [0.29, 0.717) is 40.9 Å². The molecule has 2 saturated heterocycles. The molecule has 0 aromatic rings. The molecule has 14 atom stereocenters. The van der Waals surface area contributed by atoms with Gasteiger partial charge in [0.1, 0.15) is 6.10 Å². The molecule has 7 aliphatic rings. The molecule has 0 aromatic carbocycles. The summed E-state index contributed by atoms with van der Waals surface area (Å²) in [5.41, 5.74) is 0.612. The summed E-state index contributed by atoms with van der Waals surface area (Å²) in [5, 5.41) is 16.1. The van der Waals surface area contributed by atoms with E-state index in [1.165, 1.54) is 38.5 Å². The Morgan fingerprint density at radius 3 is 2.39 bits per heavy atom. The highest BCUT2D eigenvalue weighted by molar-refractivity contribution is 5.69. The van der Waals surface area contributed by atoms with Crippen molar-refractivity contribution in [3.05, 3.63) is 0 Å². The maximum atomic E-state index is 12.8. The number of hydrogen-bond donors (Lipinski definition) is 2. The number of ether oxygens (including phenoxy) is 4. The van der Waals surface area contributed by atoms with Crippen LogP contribution >= 0.6 is 0 Å². The second kappa shape index (κ2) is 11.4. The Labute approximate surface area is 279 Å². The van der Waals surface area contributed by atoms with Crippen LogP contribution in [0.5, 0.6) is 0 Å². The van der Waals surface area contributed by atoms with Gasteiger partial charge in [-0.05, 0) is 109 Å². The number of aliphatic hydroxyl groups is 1. The highest BCUT2D eigenvalue weighted by Crippen LogP contribution is 2.89. The van der Waals surface area contributed by atoms with Crippen LogP contribution in [-0.2, 0) is 23.7 Å². The minimum Gasteiger partial charge on any atom is -0.459 e. The van der Waals surface area contributed by atoms with Crippen molar-refractivity contribution in [2.24, 2.45) is 62.6 Å². The molecule has 2 aliphatic heterocycles. The number of esters is 1. The minimum atomic E-state index is -0.507. The zero-order valence-electron chi connectivity index (χ0n) is 30.4. The predicted molar refractivity (Wildman–Crippen MR) is 178 cm³/mol. The van der Waals surface area contributed by atoms with E-state index in [1.54, 1.807) is 0 Å². The van der Waals surface area contributed by atoms with Crippen LogP contribution in [0.2, 0.25) is 0 Å². The molecule has 7 heteroatoms. The monoisotopic (exact) mass is 643 g/mol. The largest absolute Gasteiger partial charge is 0.459 e. The molecule has 7 rings (SSSR count). The lowest BCUT2D eigenvalue weighted by Gasteiger charge is -2.63. The van der Waals surface area contributed by atoms with Gasteiger partial charge in [-0.1, -0.05) is 62.3 Å². The second-order valence-electron chi connectivity index (χ2n) is 19.0. The van der Waals surface area contributed by atoms with Crippen molar-refractivity contribution in [3.63, 3.8) is 0 Å². The van der Waals surface area contributed by atoms with Crippen LogP contribution in [0.3, 0.4) is 0 Å². The molecular weight excluding hydrogens is 578 g/mol. The molecule has 7 nitrogen and oxygen atoms in total. The van der Waals surface area contributed by atoms with Crippen molar-refractivity contribution in [3.8, 4) is 0 Å². The van der Waals surface area contributed by atoms with Gasteiger partial charge in [0.2, 0.25) is 0 Å². The molecule has 0 amide bonds. The van der Waals surface area contributed by atoms with Crippen LogP contribution in [0.15, 0.2) is 0 Å². The summed E-state index contributed by atoms with van der Waals surface area (Å²) >= 11 is 0. The van der Waals surface area contributed by atoms with E-state index in [-0.39, 0.29) is 64.8 Å². The topological polar surface area (TPSA) is 86.3 Å². The fourth-order valence-corrected chi connectivity index (χ4v) is 13.8. The standard InChI is InChI=1S/C39H65NO6/c1-22(2)18-29(41)46-32(23(3)4)25-19-24(5)31-33(44-25)34(42)37(9)27-11-10-26-35(6,7)28(45-30-20-40-16-17-43-30)12-13-38(26)21-39(27,38)15-14-36(31,37)8/h22-28,30-34,40,42H,10-21H2,1-9H3/t24-,25?,26+,27?,28?,30+,31+,32-,33?,34+,36-,37-,38-,39+/m1/s1. The Morgan fingerprint density at radius 2 is 1.72 bits per heavy atom. The summed E-state index contributed by atoms with van der Waals surface area (Å²) in [5.74, 6) is 2.16. The van der Waals surface area contributed by atoms with Crippen LogP contribution in [0.4, 0.5) is 0 Å². The van der Waals surface area contributed by atoms with E-state index >= 15 is 0 Å². The van der Waals surface area contributed by atoms with E-state index in [0.717, 1.165) is 32.5 Å². The number of nitrogens with one attached hydrogen (secondary N) is 1. The Morgan fingerprint density at radius 1 is 1.00 bits per heavy atom. The quantitative estimate of drug-likeness (QED) is 0.297. The highest BCUT2D eigenvalue weighted by atomic mass is 16.7. The van der Waals surface area contributed by atoms with E-state index in [4.69, 9.17) is 18.9 Å². The smallest absolute Gasteiger partial charge is 0.306 e. The average molecular weight is 644 g/mol. The van der Waals surface area contributed by atoms with Gasteiger partial charge >= 0.3 is 5.97 Å². The van der Waals surface area contributed by atoms with Gasteiger partial charge in [0, 0.05) is 24.9 Å². The predicted octanol–water partition coefficient (Wildman–Crippen LogP) is 6.74. The Kier molecular flexibility index (Phi) is 8.36. The van der Waals surface area contributed by atoms with Gasteiger partial charge < -0.3 is 29.4 Å². The molecule has 4 unspecified atom stereocenters. The number of morpholine rings is 1. The molecule has 5 saturated carbocycles. The van der Waals surface area contributed by atoms with Crippen molar-refractivity contribution in [2.75, 3.05) is 19.7 Å². The zero-order chi connectivity index (χ0) is 33.0. The van der Waals surface area contributed by atoms with Gasteiger partial charge in [-0.15, -0.1) is 0 Å². The molecule has 2 N–H and O–H groups in total. The van der Waals surface area contributed by atoms with Gasteiger partial charge in [0.15, 0.2) is 6.29 Å². The number of fused-ring (bicyclic) bond motifs is 4. The van der Waals surface area contributed by atoms with Crippen LogP contribution in [0.25, 0.3) is 0 Å². The van der Waals surface area contributed by atoms with Gasteiger partial charge in [0.25, 0.3) is 0 Å². The molecule has 46 heavy (non-hydrogen) atoms. The lowest BCUT2D eigenvalue weighted by Crippen LogP contribution is -2.60. The van der Waals surface area contributed by atoms with Crippen molar-refractivity contribution >= 4 is 5.97 Å². The van der Waals surface area contributed by atoms with Crippen molar-refractivity contribution in [1.82, 2.24) is 5.32 Å². The molecular formula is C39H65NO6. The van der Waals surface area contributed by atoms with Crippen LogP contribution in [-0.4, -0.2) is 67.6 Å². The van der Waals surface area contributed by atoms with Crippen molar-refractivity contribution < 1.29 is 28.8 Å². The fraction of sp³-hybridized carbons (Fsp3) is 0.974. The van der Waals surface area contributed by atoms with Crippen molar-refractivity contribution in [2.45, 2.75) is 157 Å². The summed E-state index contributed by atoms with van der Waals surface area (Å²) in [6.45, 7) is 23.1. The zero-order valence-corrected chi connectivity index (χ0v) is 30.4. The average Bonchev–Trinajstić information content (AvgIpc) is 3.62. The third-order valence-electron chi connectivity index (χ3n) is 15.8. The van der Waals surface area contributed by atoms with Crippen molar-refractivity contribution in [1.29, 1.82) is 0 Å². The van der Waals surface area contributed by atoms with Gasteiger partial charge in [-0.2, -0.15) is 0 Å². The summed E-state index contributed by atoms with van der Waals surface area (Å²) in [6, 6.07) is 0. The first kappa shape index (κ1) is 33.8.